The normalized spacial score (nSPS) is 10.7. The highest BCUT2D eigenvalue weighted by atomic mass is 19.1. The van der Waals surface area contributed by atoms with E-state index in [2.05, 4.69) is 11.9 Å². The Bertz CT molecular complexity index is 601. The third-order valence-corrected chi connectivity index (χ3v) is 3.50. The van der Waals surface area contributed by atoms with Gasteiger partial charge in [0.2, 0.25) is 5.88 Å². The summed E-state index contributed by atoms with van der Waals surface area (Å²) in [6.45, 7) is 2.18. The van der Waals surface area contributed by atoms with E-state index in [1.807, 2.05) is 12.1 Å². The smallest absolute Gasteiger partial charge is 0.222 e. The van der Waals surface area contributed by atoms with E-state index >= 15 is 0 Å². The molecule has 0 saturated heterocycles. The maximum absolute atomic E-state index is 13.7. The zero-order chi connectivity index (χ0) is 15.8. The third-order valence-electron chi connectivity index (χ3n) is 3.50. The summed E-state index contributed by atoms with van der Waals surface area (Å²) >= 11 is 0. The first kappa shape index (κ1) is 16.4. The lowest BCUT2D eigenvalue weighted by Crippen LogP contribution is -1.97. The molecule has 0 atom stereocenters. The van der Waals surface area contributed by atoms with Gasteiger partial charge in [0.05, 0.1) is 0 Å². The van der Waals surface area contributed by atoms with Gasteiger partial charge in [0.15, 0.2) is 11.6 Å². The molecule has 0 fully saturated rings. The van der Waals surface area contributed by atoms with Crippen LogP contribution in [0.15, 0.2) is 36.5 Å². The summed E-state index contributed by atoms with van der Waals surface area (Å²) < 4.78 is 32.1. The van der Waals surface area contributed by atoms with Crippen molar-refractivity contribution in [1.82, 2.24) is 4.98 Å². The fourth-order valence-electron chi connectivity index (χ4n) is 2.29. The molecule has 1 aromatic carbocycles. The molecule has 0 spiro atoms. The van der Waals surface area contributed by atoms with E-state index in [0.717, 1.165) is 30.9 Å². The highest BCUT2D eigenvalue weighted by Crippen LogP contribution is 2.27. The number of unbranched alkanes of at least 4 members (excludes halogenated alkanes) is 4. The van der Waals surface area contributed by atoms with Gasteiger partial charge in [0.1, 0.15) is 5.82 Å². The van der Waals surface area contributed by atoms with Gasteiger partial charge >= 0.3 is 0 Å². The predicted molar refractivity (Wildman–Crippen MR) is 83.1 cm³/mol. The lowest BCUT2D eigenvalue weighted by atomic mass is 10.1. The van der Waals surface area contributed by atoms with Gasteiger partial charge in [0.25, 0.3) is 0 Å². The van der Waals surface area contributed by atoms with Crippen molar-refractivity contribution in [3.8, 4) is 11.6 Å². The van der Waals surface area contributed by atoms with E-state index in [1.165, 1.54) is 31.4 Å². The summed E-state index contributed by atoms with van der Waals surface area (Å²) in [6.07, 6.45) is 8.34. The number of ether oxygens (including phenoxy) is 1. The Balaban J connectivity index is 2.01. The molecule has 4 heteroatoms. The topological polar surface area (TPSA) is 22.1 Å². The van der Waals surface area contributed by atoms with Crippen molar-refractivity contribution in [1.29, 1.82) is 0 Å². The van der Waals surface area contributed by atoms with Crippen LogP contribution < -0.4 is 4.74 Å². The fraction of sp³-hybridized carbons (Fsp3) is 0.389. The van der Waals surface area contributed by atoms with Gasteiger partial charge in [0, 0.05) is 17.8 Å². The van der Waals surface area contributed by atoms with Crippen LogP contribution in [0.3, 0.4) is 0 Å². The summed E-state index contributed by atoms with van der Waals surface area (Å²) in [6, 6.07) is 7.04. The van der Waals surface area contributed by atoms with Crippen LogP contribution in [0.5, 0.6) is 11.6 Å². The molecule has 0 bridgehead atoms. The molecule has 0 aliphatic carbocycles. The lowest BCUT2D eigenvalue weighted by Gasteiger charge is -2.10. The monoisotopic (exact) mass is 305 g/mol. The Hall–Kier alpha value is -1.97. The molecule has 1 heterocycles. The Labute approximate surface area is 130 Å². The Kier molecular flexibility index (Phi) is 6.31. The van der Waals surface area contributed by atoms with E-state index in [1.54, 1.807) is 6.20 Å². The molecule has 0 radical (unpaired) electrons. The molecular weight excluding hydrogens is 284 g/mol. The van der Waals surface area contributed by atoms with Gasteiger partial charge in [-0.1, -0.05) is 38.7 Å². The maximum Gasteiger partial charge on any atom is 0.222 e. The molecule has 0 amide bonds. The summed E-state index contributed by atoms with van der Waals surface area (Å²) in [5.41, 5.74) is 0.947. The van der Waals surface area contributed by atoms with Crippen LogP contribution in [-0.2, 0) is 6.42 Å². The number of aryl methyl sites for hydroxylation is 1. The van der Waals surface area contributed by atoms with Crippen LogP contribution in [0.4, 0.5) is 8.78 Å². The summed E-state index contributed by atoms with van der Waals surface area (Å²) in [4.78, 5) is 4.17. The van der Waals surface area contributed by atoms with Crippen molar-refractivity contribution in [2.75, 3.05) is 0 Å². The first-order chi connectivity index (χ1) is 10.7. The van der Waals surface area contributed by atoms with E-state index in [-0.39, 0.29) is 5.75 Å². The van der Waals surface area contributed by atoms with Gasteiger partial charge in [-0.05, 0) is 31.0 Å². The summed E-state index contributed by atoms with van der Waals surface area (Å²) in [5.74, 6) is -0.961. The van der Waals surface area contributed by atoms with Crippen LogP contribution in [-0.4, -0.2) is 4.98 Å². The van der Waals surface area contributed by atoms with Gasteiger partial charge in [-0.25, -0.2) is 13.8 Å². The molecular formula is C18H21F2NO. The molecule has 0 N–H and O–H groups in total. The van der Waals surface area contributed by atoms with Crippen LogP contribution in [0, 0.1) is 11.6 Å². The Morgan fingerprint density at radius 2 is 1.86 bits per heavy atom. The second kappa shape index (κ2) is 8.47. The molecule has 0 aliphatic heterocycles. The van der Waals surface area contributed by atoms with Crippen molar-refractivity contribution in [2.45, 2.75) is 45.4 Å². The van der Waals surface area contributed by atoms with Crippen molar-refractivity contribution in [2.24, 2.45) is 0 Å². The van der Waals surface area contributed by atoms with E-state index in [0.29, 0.717) is 5.88 Å². The van der Waals surface area contributed by atoms with Crippen LogP contribution in [0.25, 0.3) is 0 Å². The van der Waals surface area contributed by atoms with E-state index < -0.39 is 11.6 Å². The largest absolute Gasteiger partial charge is 0.436 e. The number of aromatic nitrogens is 1. The number of hydrogen-bond acceptors (Lipinski definition) is 2. The first-order valence-electron chi connectivity index (χ1n) is 7.77. The van der Waals surface area contributed by atoms with Gasteiger partial charge in [-0.15, -0.1) is 0 Å². The standard InChI is InChI=1S/C18H21F2NO/c1-2-3-4-5-6-8-14-9-7-12-21-18(14)22-17-11-10-15(19)13-16(17)20/h7,9-13H,2-6,8H2,1H3. The second-order valence-corrected chi connectivity index (χ2v) is 5.31. The second-order valence-electron chi connectivity index (χ2n) is 5.31. The zero-order valence-electron chi connectivity index (χ0n) is 12.8. The molecule has 0 unspecified atom stereocenters. The minimum atomic E-state index is -0.723. The fourth-order valence-corrected chi connectivity index (χ4v) is 2.29. The molecule has 1 aromatic heterocycles. The molecule has 2 aromatic rings. The number of halogens is 2. The molecule has 2 rings (SSSR count). The molecule has 22 heavy (non-hydrogen) atoms. The van der Waals surface area contributed by atoms with Crippen molar-refractivity contribution in [3.63, 3.8) is 0 Å². The number of benzene rings is 1. The molecule has 0 saturated carbocycles. The number of pyridine rings is 1. The number of rotatable bonds is 8. The van der Waals surface area contributed by atoms with Gasteiger partial charge in [-0.2, -0.15) is 0 Å². The SMILES string of the molecule is CCCCCCCc1cccnc1Oc1ccc(F)cc1F. The van der Waals surface area contributed by atoms with Crippen molar-refractivity contribution in [3.05, 3.63) is 53.7 Å². The van der Waals surface area contributed by atoms with E-state index in [9.17, 15) is 8.78 Å². The van der Waals surface area contributed by atoms with Gasteiger partial charge < -0.3 is 4.74 Å². The lowest BCUT2D eigenvalue weighted by molar-refractivity contribution is 0.418. The minimum absolute atomic E-state index is 0.00710. The van der Waals surface area contributed by atoms with Gasteiger partial charge in [-0.3, -0.25) is 0 Å². The third kappa shape index (κ3) is 4.79. The summed E-state index contributed by atoms with van der Waals surface area (Å²) in [7, 11) is 0. The van der Waals surface area contributed by atoms with Crippen molar-refractivity contribution < 1.29 is 13.5 Å². The quantitative estimate of drug-likeness (QED) is 0.587. The highest BCUT2D eigenvalue weighted by Gasteiger charge is 2.10. The van der Waals surface area contributed by atoms with Crippen LogP contribution in [0.2, 0.25) is 0 Å². The Morgan fingerprint density at radius 1 is 1.05 bits per heavy atom. The number of nitrogens with zero attached hydrogens (tertiary/aromatic N) is 1. The van der Waals surface area contributed by atoms with E-state index in [4.69, 9.17) is 4.74 Å². The minimum Gasteiger partial charge on any atom is -0.436 e. The average Bonchev–Trinajstić information content (AvgIpc) is 2.51. The maximum atomic E-state index is 13.7. The molecule has 0 aliphatic rings. The zero-order valence-corrected chi connectivity index (χ0v) is 12.8. The average molecular weight is 305 g/mol. The predicted octanol–water partition coefficient (Wildman–Crippen LogP) is 5.67. The summed E-state index contributed by atoms with van der Waals surface area (Å²) in [5, 5.41) is 0. The Morgan fingerprint density at radius 3 is 2.64 bits per heavy atom. The van der Waals surface area contributed by atoms with Crippen molar-refractivity contribution >= 4 is 0 Å². The molecule has 118 valence electrons. The number of hydrogen-bond donors (Lipinski definition) is 0. The van der Waals surface area contributed by atoms with Crippen LogP contribution >= 0.6 is 0 Å². The highest BCUT2D eigenvalue weighted by molar-refractivity contribution is 5.33. The molecule has 2 nitrogen and oxygen atoms in total. The first-order valence-corrected chi connectivity index (χ1v) is 7.77. The van der Waals surface area contributed by atoms with Crippen LogP contribution in [0.1, 0.15) is 44.6 Å².